The standard InChI is InChI=1S/C19H17N3O/c1-2-23-19-6-4-3-5-17(19)15-9-7-14(8-10-15)11-16-13-21-22-18(16)12-20/h3-10,13H,2,11H2,1H3,(H,21,22). The Morgan fingerprint density at radius 2 is 1.91 bits per heavy atom. The van der Waals surface area contributed by atoms with Gasteiger partial charge in [0.2, 0.25) is 0 Å². The average molecular weight is 303 g/mol. The Bertz CT molecular complexity index is 828. The van der Waals surface area contributed by atoms with E-state index in [9.17, 15) is 0 Å². The van der Waals surface area contributed by atoms with Gasteiger partial charge < -0.3 is 4.74 Å². The molecule has 0 bridgehead atoms. The van der Waals surface area contributed by atoms with Gasteiger partial charge in [0.25, 0.3) is 0 Å². The van der Waals surface area contributed by atoms with E-state index >= 15 is 0 Å². The molecule has 0 saturated heterocycles. The number of hydrogen-bond donors (Lipinski definition) is 1. The molecule has 0 radical (unpaired) electrons. The number of nitrogens with zero attached hydrogens (tertiary/aromatic N) is 2. The van der Waals surface area contributed by atoms with Crippen molar-refractivity contribution in [3.8, 4) is 22.9 Å². The van der Waals surface area contributed by atoms with Crippen LogP contribution in [-0.2, 0) is 6.42 Å². The quantitative estimate of drug-likeness (QED) is 0.776. The zero-order chi connectivity index (χ0) is 16.1. The van der Waals surface area contributed by atoms with Crippen molar-refractivity contribution >= 4 is 0 Å². The normalized spacial score (nSPS) is 10.3. The van der Waals surface area contributed by atoms with Gasteiger partial charge in [0.05, 0.1) is 12.8 Å². The maximum absolute atomic E-state index is 9.02. The van der Waals surface area contributed by atoms with Crippen LogP contribution in [0, 0.1) is 11.3 Å². The largest absolute Gasteiger partial charge is 0.493 e. The molecule has 1 N–H and O–H groups in total. The number of H-pyrrole nitrogens is 1. The van der Waals surface area contributed by atoms with Crippen LogP contribution in [0.4, 0.5) is 0 Å². The molecule has 23 heavy (non-hydrogen) atoms. The highest BCUT2D eigenvalue weighted by atomic mass is 16.5. The molecule has 4 heteroatoms. The number of nitriles is 1. The van der Waals surface area contributed by atoms with Crippen LogP contribution in [0.15, 0.2) is 54.7 Å². The second-order valence-electron chi connectivity index (χ2n) is 5.18. The Kier molecular flexibility index (Phi) is 4.39. The number of nitrogens with one attached hydrogen (secondary N) is 1. The third-order valence-corrected chi connectivity index (χ3v) is 3.68. The molecule has 0 aliphatic rings. The van der Waals surface area contributed by atoms with Crippen molar-refractivity contribution in [1.29, 1.82) is 5.26 Å². The van der Waals surface area contributed by atoms with Crippen molar-refractivity contribution in [3.05, 3.63) is 71.5 Å². The van der Waals surface area contributed by atoms with Crippen LogP contribution in [-0.4, -0.2) is 16.8 Å². The van der Waals surface area contributed by atoms with E-state index in [2.05, 4.69) is 46.6 Å². The lowest BCUT2D eigenvalue weighted by Crippen LogP contribution is -1.94. The first-order valence-corrected chi connectivity index (χ1v) is 7.55. The third-order valence-electron chi connectivity index (χ3n) is 3.68. The third kappa shape index (κ3) is 3.24. The Labute approximate surface area is 135 Å². The Balaban J connectivity index is 1.84. The monoisotopic (exact) mass is 303 g/mol. The number of aromatic nitrogens is 2. The fraction of sp³-hybridized carbons (Fsp3) is 0.158. The van der Waals surface area contributed by atoms with Gasteiger partial charge in [-0.3, -0.25) is 5.10 Å². The number of ether oxygens (including phenoxy) is 1. The highest BCUT2D eigenvalue weighted by Gasteiger charge is 2.08. The predicted octanol–water partition coefficient (Wildman–Crippen LogP) is 3.94. The van der Waals surface area contributed by atoms with Crippen molar-refractivity contribution < 1.29 is 4.74 Å². The predicted molar refractivity (Wildman–Crippen MR) is 89.2 cm³/mol. The van der Waals surface area contributed by atoms with Gasteiger partial charge in [0.15, 0.2) is 0 Å². The molecule has 1 heterocycles. The maximum atomic E-state index is 9.02. The first kappa shape index (κ1) is 14.9. The van der Waals surface area contributed by atoms with E-state index in [0.29, 0.717) is 18.7 Å². The second kappa shape index (κ2) is 6.80. The Morgan fingerprint density at radius 3 is 2.65 bits per heavy atom. The van der Waals surface area contributed by atoms with Gasteiger partial charge in [0, 0.05) is 17.5 Å². The average Bonchev–Trinajstić information content (AvgIpc) is 3.04. The van der Waals surface area contributed by atoms with Crippen LogP contribution in [0.2, 0.25) is 0 Å². The molecule has 3 aromatic rings. The lowest BCUT2D eigenvalue weighted by atomic mass is 10.00. The molecule has 0 unspecified atom stereocenters. The lowest BCUT2D eigenvalue weighted by Gasteiger charge is -2.10. The molecule has 1 aromatic heterocycles. The summed E-state index contributed by atoms with van der Waals surface area (Å²) in [6.45, 7) is 2.63. The molecule has 0 aliphatic carbocycles. The van der Waals surface area contributed by atoms with E-state index in [1.165, 1.54) is 0 Å². The summed E-state index contributed by atoms with van der Waals surface area (Å²) >= 11 is 0. The van der Waals surface area contributed by atoms with Crippen LogP contribution >= 0.6 is 0 Å². The zero-order valence-electron chi connectivity index (χ0n) is 12.9. The summed E-state index contributed by atoms with van der Waals surface area (Å²) in [5.41, 5.74) is 4.78. The second-order valence-corrected chi connectivity index (χ2v) is 5.18. The van der Waals surface area contributed by atoms with E-state index in [-0.39, 0.29) is 0 Å². The highest BCUT2D eigenvalue weighted by Crippen LogP contribution is 2.30. The van der Waals surface area contributed by atoms with Crippen molar-refractivity contribution in [3.63, 3.8) is 0 Å². The highest BCUT2D eigenvalue weighted by molar-refractivity contribution is 5.70. The number of rotatable bonds is 5. The molecule has 3 rings (SSSR count). The van der Waals surface area contributed by atoms with Gasteiger partial charge in [-0.25, -0.2) is 0 Å². The summed E-state index contributed by atoms with van der Waals surface area (Å²) in [6, 6.07) is 18.5. The zero-order valence-corrected chi connectivity index (χ0v) is 12.9. The van der Waals surface area contributed by atoms with Gasteiger partial charge >= 0.3 is 0 Å². The molecule has 114 valence electrons. The van der Waals surface area contributed by atoms with Crippen molar-refractivity contribution in [2.24, 2.45) is 0 Å². The summed E-state index contributed by atoms with van der Waals surface area (Å²) in [5, 5.41) is 15.7. The molecule has 0 saturated carbocycles. The van der Waals surface area contributed by atoms with Crippen molar-refractivity contribution in [1.82, 2.24) is 10.2 Å². The first-order chi connectivity index (χ1) is 11.3. The van der Waals surface area contributed by atoms with E-state index in [1.807, 2.05) is 25.1 Å². The number of para-hydroxylation sites is 1. The molecular formula is C19H17N3O. The summed E-state index contributed by atoms with van der Waals surface area (Å²) in [4.78, 5) is 0. The van der Waals surface area contributed by atoms with Crippen LogP contribution < -0.4 is 4.74 Å². The molecule has 4 nitrogen and oxygen atoms in total. The molecule has 2 aromatic carbocycles. The van der Waals surface area contributed by atoms with E-state index in [4.69, 9.17) is 10.00 Å². The summed E-state index contributed by atoms with van der Waals surface area (Å²) in [5.74, 6) is 0.893. The molecule has 0 atom stereocenters. The van der Waals surface area contributed by atoms with Crippen LogP contribution in [0.5, 0.6) is 5.75 Å². The molecule has 0 aliphatic heterocycles. The number of benzene rings is 2. The topological polar surface area (TPSA) is 61.7 Å². The molecular weight excluding hydrogens is 286 g/mol. The summed E-state index contributed by atoms with van der Waals surface area (Å²) in [6.07, 6.45) is 2.39. The first-order valence-electron chi connectivity index (χ1n) is 7.55. The smallest absolute Gasteiger partial charge is 0.138 e. The number of hydrogen-bond acceptors (Lipinski definition) is 3. The maximum Gasteiger partial charge on any atom is 0.138 e. The Morgan fingerprint density at radius 1 is 1.13 bits per heavy atom. The molecule has 0 amide bonds. The van der Waals surface area contributed by atoms with Crippen LogP contribution in [0.3, 0.4) is 0 Å². The van der Waals surface area contributed by atoms with Gasteiger partial charge in [-0.05, 0) is 24.1 Å². The van der Waals surface area contributed by atoms with Crippen molar-refractivity contribution in [2.75, 3.05) is 6.61 Å². The van der Waals surface area contributed by atoms with Crippen LogP contribution in [0.25, 0.3) is 11.1 Å². The van der Waals surface area contributed by atoms with Crippen molar-refractivity contribution in [2.45, 2.75) is 13.3 Å². The summed E-state index contributed by atoms with van der Waals surface area (Å²) in [7, 11) is 0. The van der Waals surface area contributed by atoms with E-state index in [1.54, 1.807) is 6.20 Å². The SMILES string of the molecule is CCOc1ccccc1-c1ccc(Cc2cn[nH]c2C#N)cc1. The minimum absolute atomic E-state index is 0.524. The van der Waals surface area contributed by atoms with Gasteiger partial charge in [-0.15, -0.1) is 0 Å². The fourth-order valence-electron chi connectivity index (χ4n) is 2.55. The minimum Gasteiger partial charge on any atom is -0.493 e. The minimum atomic E-state index is 0.524. The fourth-order valence-corrected chi connectivity index (χ4v) is 2.55. The van der Waals surface area contributed by atoms with Gasteiger partial charge in [-0.2, -0.15) is 10.4 Å². The molecule has 0 fully saturated rings. The van der Waals surface area contributed by atoms with E-state index < -0.39 is 0 Å². The van der Waals surface area contributed by atoms with E-state index in [0.717, 1.165) is 28.0 Å². The Hall–Kier alpha value is -3.06. The molecule has 0 spiro atoms. The summed E-state index contributed by atoms with van der Waals surface area (Å²) < 4.78 is 5.69. The lowest BCUT2D eigenvalue weighted by molar-refractivity contribution is 0.341. The van der Waals surface area contributed by atoms with Gasteiger partial charge in [0.1, 0.15) is 17.5 Å². The van der Waals surface area contributed by atoms with Gasteiger partial charge in [-0.1, -0.05) is 42.5 Å². The van der Waals surface area contributed by atoms with Crippen LogP contribution in [0.1, 0.15) is 23.7 Å². The number of aromatic amines is 1.